The lowest BCUT2D eigenvalue weighted by Crippen LogP contribution is -2.51. The highest BCUT2D eigenvalue weighted by atomic mass is 15.2. The second-order valence-corrected chi connectivity index (χ2v) is 6.81. The Balaban J connectivity index is 2.45. The van der Waals surface area contributed by atoms with Crippen molar-refractivity contribution in [2.45, 2.75) is 39.7 Å². The largest absolute Gasteiger partial charge is 0.356 e. The molecule has 4 heteroatoms. The molecule has 0 fully saturated rings. The zero-order valence-corrected chi connectivity index (χ0v) is 15.2. The molecule has 0 saturated carbocycles. The fourth-order valence-electron chi connectivity index (χ4n) is 2.22. The average molecular weight is 304 g/mol. The first-order valence-electron chi connectivity index (χ1n) is 7.94. The molecular formula is C18H32N4. The van der Waals surface area contributed by atoms with Crippen molar-refractivity contribution in [1.82, 2.24) is 15.5 Å². The summed E-state index contributed by atoms with van der Waals surface area (Å²) in [7, 11) is 6.00. The first-order chi connectivity index (χ1) is 10.2. The quantitative estimate of drug-likeness (QED) is 0.626. The highest BCUT2D eigenvalue weighted by Gasteiger charge is 2.20. The maximum atomic E-state index is 4.29. The van der Waals surface area contributed by atoms with E-state index in [0.717, 1.165) is 25.5 Å². The third kappa shape index (κ3) is 6.06. The van der Waals surface area contributed by atoms with Gasteiger partial charge in [0.25, 0.3) is 0 Å². The van der Waals surface area contributed by atoms with Crippen molar-refractivity contribution in [1.29, 1.82) is 0 Å². The molecular weight excluding hydrogens is 272 g/mol. The molecule has 1 rings (SSSR count). The molecule has 0 aromatic heterocycles. The summed E-state index contributed by atoms with van der Waals surface area (Å²) in [6, 6.07) is 6.71. The van der Waals surface area contributed by atoms with Crippen molar-refractivity contribution >= 4 is 5.96 Å². The number of benzene rings is 1. The number of guanidine groups is 1. The van der Waals surface area contributed by atoms with Gasteiger partial charge in [0.1, 0.15) is 0 Å². The molecule has 0 amide bonds. The number of nitrogens with one attached hydrogen (secondary N) is 2. The van der Waals surface area contributed by atoms with Gasteiger partial charge in [-0.25, -0.2) is 0 Å². The van der Waals surface area contributed by atoms with Gasteiger partial charge in [0.15, 0.2) is 5.96 Å². The predicted octanol–water partition coefficient (Wildman–Crippen LogP) is 2.35. The van der Waals surface area contributed by atoms with Gasteiger partial charge in [-0.2, -0.15) is 0 Å². The number of hydrogen-bond acceptors (Lipinski definition) is 2. The summed E-state index contributed by atoms with van der Waals surface area (Å²) in [6.45, 7) is 10.4. The molecule has 0 aliphatic heterocycles. The van der Waals surface area contributed by atoms with Crippen LogP contribution >= 0.6 is 0 Å². The minimum atomic E-state index is 0.0886. The molecule has 0 saturated heterocycles. The molecule has 0 spiro atoms. The summed E-state index contributed by atoms with van der Waals surface area (Å²) in [6.07, 6.45) is 1.00. The second-order valence-electron chi connectivity index (χ2n) is 6.81. The number of hydrogen-bond donors (Lipinski definition) is 2. The topological polar surface area (TPSA) is 39.7 Å². The van der Waals surface area contributed by atoms with Crippen LogP contribution in [0.2, 0.25) is 0 Å². The third-order valence-electron chi connectivity index (χ3n) is 4.11. The van der Waals surface area contributed by atoms with Crippen LogP contribution < -0.4 is 10.6 Å². The number of rotatable bonds is 6. The van der Waals surface area contributed by atoms with Crippen molar-refractivity contribution in [3.63, 3.8) is 0 Å². The lowest BCUT2D eigenvalue weighted by atomic mass is 10.0. The molecule has 1 aromatic rings. The molecule has 0 aliphatic carbocycles. The van der Waals surface area contributed by atoms with Crippen molar-refractivity contribution in [3.8, 4) is 0 Å². The first kappa shape index (κ1) is 18.5. The van der Waals surface area contributed by atoms with E-state index in [1.54, 1.807) is 0 Å². The summed E-state index contributed by atoms with van der Waals surface area (Å²) >= 11 is 0. The number of aryl methyl sites for hydroxylation is 2. The Morgan fingerprint density at radius 3 is 2.18 bits per heavy atom. The van der Waals surface area contributed by atoms with E-state index >= 15 is 0 Å². The molecule has 124 valence electrons. The molecule has 0 aliphatic rings. The average Bonchev–Trinajstić information content (AvgIpc) is 2.41. The number of likely N-dealkylation sites (N-methyl/N-ethyl adjacent to an activating group) is 1. The van der Waals surface area contributed by atoms with E-state index in [0.29, 0.717) is 0 Å². The minimum absolute atomic E-state index is 0.0886. The molecule has 0 radical (unpaired) electrons. The summed E-state index contributed by atoms with van der Waals surface area (Å²) in [5, 5.41) is 6.79. The van der Waals surface area contributed by atoms with E-state index < -0.39 is 0 Å². The van der Waals surface area contributed by atoms with Crippen LogP contribution in [0.1, 0.15) is 30.5 Å². The Bertz CT molecular complexity index is 484. The summed E-state index contributed by atoms with van der Waals surface area (Å²) in [4.78, 5) is 6.50. The molecule has 0 bridgehead atoms. The predicted molar refractivity (Wildman–Crippen MR) is 96.8 cm³/mol. The van der Waals surface area contributed by atoms with Crippen LogP contribution in [-0.4, -0.2) is 50.6 Å². The Morgan fingerprint density at radius 1 is 1.09 bits per heavy atom. The minimum Gasteiger partial charge on any atom is -0.356 e. The lowest BCUT2D eigenvalue weighted by Gasteiger charge is -2.33. The lowest BCUT2D eigenvalue weighted by molar-refractivity contribution is 0.197. The Labute approximate surface area is 136 Å². The van der Waals surface area contributed by atoms with Crippen LogP contribution in [0, 0.1) is 13.8 Å². The summed E-state index contributed by atoms with van der Waals surface area (Å²) in [5.41, 5.74) is 4.11. The molecule has 0 atom stereocenters. The van der Waals surface area contributed by atoms with Gasteiger partial charge in [0, 0.05) is 25.7 Å². The van der Waals surface area contributed by atoms with Crippen LogP contribution in [0.5, 0.6) is 0 Å². The van der Waals surface area contributed by atoms with Gasteiger partial charge < -0.3 is 15.5 Å². The smallest absolute Gasteiger partial charge is 0.191 e. The summed E-state index contributed by atoms with van der Waals surface area (Å²) < 4.78 is 0. The van der Waals surface area contributed by atoms with E-state index in [4.69, 9.17) is 0 Å². The standard InChI is InChI=1S/C18H32N4/c1-14-10-15(2)12-16(11-14)8-9-20-17(19-5)21-13-18(3,4)22(6)7/h10-12H,8-9,13H2,1-7H3,(H2,19,20,21). The zero-order valence-electron chi connectivity index (χ0n) is 15.2. The van der Waals surface area contributed by atoms with E-state index in [1.807, 2.05) is 7.05 Å². The molecule has 0 unspecified atom stereocenters. The van der Waals surface area contributed by atoms with E-state index in [9.17, 15) is 0 Å². The van der Waals surface area contributed by atoms with Crippen LogP contribution in [-0.2, 0) is 6.42 Å². The van der Waals surface area contributed by atoms with Gasteiger partial charge >= 0.3 is 0 Å². The highest BCUT2D eigenvalue weighted by molar-refractivity contribution is 5.79. The molecule has 0 heterocycles. The normalized spacial score (nSPS) is 12.6. The second kappa shape index (κ2) is 8.18. The van der Waals surface area contributed by atoms with Crippen LogP contribution in [0.3, 0.4) is 0 Å². The molecule has 1 aromatic carbocycles. The SMILES string of the molecule is CN=C(NCCc1cc(C)cc(C)c1)NCC(C)(C)N(C)C. The Kier molecular flexibility index (Phi) is 6.88. The molecule has 2 N–H and O–H groups in total. The number of aliphatic imine (C=N–C) groups is 1. The highest BCUT2D eigenvalue weighted by Crippen LogP contribution is 2.09. The third-order valence-corrected chi connectivity index (χ3v) is 4.11. The maximum Gasteiger partial charge on any atom is 0.191 e. The monoisotopic (exact) mass is 304 g/mol. The fourth-order valence-corrected chi connectivity index (χ4v) is 2.22. The first-order valence-corrected chi connectivity index (χ1v) is 7.94. The Hall–Kier alpha value is -1.55. The van der Waals surface area contributed by atoms with Gasteiger partial charge in [-0.15, -0.1) is 0 Å². The van der Waals surface area contributed by atoms with Gasteiger partial charge in [-0.3, -0.25) is 4.99 Å². The van der Waals surface area contributed by atoms with Gasteiger partial charge in [0.05, 0.1) is 0 Å². The van der Waals surface area contributed by atoms with Gasteiger partial charge in [0.2, 0.25) is 0 Å². The van der Waals surface area contributed by atoms with Gasteiger partial charge in [-0.1, -0.05) is 29.3 Å². The van der Waals surface area contributed by atoms with Crippen molar-refractivity contribution in [2.75, 3.05) is 34.2 Å². The van der Waals surface area contributed by atoms with E-state index in [-0.39, 0.29) is 5.54 Å². The van der Waals surface area contributed by atoms with Crippen LogP contribution in [0.15, 0.2) is 23.2 Å². The molecule has 4 nitrogen and oxygen atoms in total. The van der Waals surface area contributed by atoms with Gasteiger partial charge in [-0.05, 0) is 53.8 Å². The maximum absolute atomic E-state index is 4.29. The van der Waals surface area contributed by atoms with E-state index in [1.165, 1.54) is 16.7 Å². The number of nitrogens with zero attached hydrogens (tertiary/aromatic N) is 2. The summed E-state index contributed by atoms with van der Waals surface area (Å²) in [5.74, 6) is 0.860. The zero-order chi connectivity index (χ0) is 16.8. The van der Waals surface area contributed by atoms with Crippen molar-refractivity contribution in [3.05, 3.63) is 34.9 Å². The van der Waals surface area contributed by atoms with E-state index in [2.05, 4.69) is 80.5 Å². The fraction of sp³-hybridized carbons (Fsp3) is 0.611. The molecule has 22 heavy (non-hydrogen) atoms. The van der Waals surface area contributed by atoms with Crippen molar-refractivity contribution in [2.24, 2.45) is 4.99 Å². The Morgan fingerprint density at radius 2 is 1.68 bits per heavy atom. The van der Waals surface area contributed by atoms with Crippen molar-refractivity contribution < 1.29 is 0 Å². The van der Waals surface area contributed by atoms with Crippen LogP contribution in [0.25, 0.3) is 0 Å². The van der Waals surface area contributed by atoms with Crippen LogP contribution in [0.4, 0.5) is 0 Å².